The first-order chi connectivity index (χ1) is 8.19. The van der Waals surface area contributed by atoms with E-state index in [2.05, 4.69) is 12.1 Å². The average Bonchev–Trinajstić information content (AvgIpc) is 2.34. The highest BCUT2D eigenvalue weighted by Gasteiger charge is 2.02. The van der Waals surface area contributed by atoms with E-state index in [4.69, 9.17) is 10.5 Å². The molecule has 0 fully saturated rings. The molecule has 0 spiro atoms. The van der Waals surface area contributed by atoms with Crippen molar-refractivity contribution in [1.29, 1.82) is 0 Å². The zero-order valence-corrected chi connectivity index (χ0v) is 10.8. The van der Waals surface area contributed by atoms with E-state index < -0.39 is 0 Å². The molecule has 0 heterocycles. The Labute approximate surface area is 106 Å². The monoisotopic (exact) mass is 245 g/mol. The third kappa shape index (κ3) is 2.94. The summed E-state index contributed by atoms with van der Waals surface area (Å²) in [7, 11) is 1.67. The fourth-order valence-corrected chi connectivity index (χ4v) is 2.37. The summed E-state index contributed by atoms with van der Waals surface area (Å²) in [6, 6.07) is 14.1. The number of rotatable bonds is 3. The summed E-state index contributed by atoms with van der Waals surface area (Å²) in [6.45, 7) is 2.04. The lowest BCUT2D eigenvalue weighted by molar-refractivity contribution is 0.414. The highest BCUT2D eigenvalue weighted by atomic mass is 32.2. The Hall–Kier alpha value is -1.61. The largest absolute Gasteiger partial charge is 0.497 e. The maximum absolute atomic E-state index is 5.98. The van der Waals surface area contributed by atoms with E-state index in [1.807, 2.05) is 37.3 Å². The van der Waals surface area contributed by atoms with Crippen LogP contribution in [0.4, 0.5) is 5.69 Å². The lowest BCUT2D eigenvalue weighted by Crippen LogP contribution is -1.89. The molecule has 2 rings (SSSR count). The molecule has 3 heteroatoms. The molecule has 0 aliphatic rings. The van der Waals surface area contributed by atoms with Crippen molar-refractivity contribution in [2.75, 3.05) is 12.8 Å². The van der Waals surface area contributed by atoms with Crippen LogP contribution in [-0.4, -0.2) is 7.11 Å². The van der Waals surface area contributed by atoms with Gasteiger partial charge in [-0.15, -0.1) is 0 Å². The van der Waals surface area contributed by atoms with Gasteiger partial charge in [-0.25, -0.2) is 0 Å². The summed E-state index contributed by atoms with van der Waals surface area (Å²) in [5, 5.41) is 0. The van der Waals surface area contributed by atoms with Crippen molar-refractivity contribution < 1.29 is 4.74 Å². The minimum Gasteiger partial charge on any atom is -0.497 e. The van der Waals surface area contributed by atoms with Crippen molar-refractivity contribution in [3.63, 3.8) is 0 Å². The fourth-order valence-electron chi connectivity index (χ4n) is 1.53. The first-order valence-electron chi connectivity index (χ1n) is 5.37. The van der Waals surface area contributed by atoms with Crippen molar-refractivity contribution in [1.82, 2.24) is 0 Å². The number of nitrogens with two attached hydrogens (primary N) is 1. The summed E-state index contributed by atoms with van der Waals surface area (Å²) in [4.78, 5) is 2.24. The van der Waals surface area contributed by atoms with Gasteiger partial charge in [0.25, 0.3) is 0 Å². The Balaban J connectivity index is 2.19. The molecule has 0 aromatic heterocycles. The predicted octanol–water partition coefficient (Wildman–Crippen LogP) is 3.74. The van der Waals surface area contributed by atoms with Crippen LogP contribution in [0.15, 0.2) is 52.3 Å². The van der Waals surface area contributed by atoms with Crippen LogP contribution in [0.2, 0.25) is 0 Å². The Kier molecular flexibility index (Phi) is 3.59. The van der Waals surface area contributed by atoms with Crippen molar-refractivity contribution in [3.05, 3.63) is 48.0 Å². The fraction of sp³-hybridized carbons (Fsp3) is 0.143. The van der Waals surface area contributed by atoms with Gasteiger partial charge in [0.2, 0.25) is 0 Å². The molecule has 0 aliphatic carbocycles. The van der Waals surface area contributed by atoms with Gasteiger partial charge in [0.15, 0.2) is 0 Å². The Morgan fingerprint density at radius 3 is 2.35 bits per heavy atom. The summed E-state index contributed by atoms with van der Waals surface area (Å²) in [5.74, 6) is 0.867. The van der Waals surface area contributed by atoms with E-state index in [0.29, 0.717) is 0 Å². The van der Waals surface area contributed by atoms with E-state index in [-0.39, 0.29) is 0 Å². The van der Waals surface area contributed by atoms with Gasteiger partial charge in [-0.2, -0.15) is 0 Å². The van der Waals surface area contributed by atoms with Crippen LogP contribution in [0.3, 0.4) is 0 Å². The topological polar surface area (TPSA) is 35.2 Å². The number of hydrogen-bond acceptors (Lipinski definition) is 3. The lowest BCUT2D eigenvalue weighted by atomic mass is 10.2. The molecule has 0 unspecified atom stereocenters. The van der Waals surface area contributed by atoms with Gasteiger partial charge in [-0.05, 0) is 48.9 Å². The highest BCUT2D eigenvalue weighted by Crippen LogP contribution is 2.33. The maximum atomic E-state index is 5.98. The van der Waals surface area contributed by atoms with Gasteiger partial charge in [0.1, 0.15) is 5.75 Å². The molecule has 0 saturated carbocycles. The predicted molar refractivity (Wildman–Crippen MR) is 72.7 cm³/mol. The standard InChI is InChI=1S/C14H15NOS/c1-10-3-8-14(13(15)9-10)17-12-6-4-11(16-2)5-7-12/h3-9H,15H2,1-2H3. The van der Waals surface area contributed by atoms with E-state index in [9.17, 15) is 0 Å². The molecule has 0 aliphatic heterocycles. The van der Waals surface area contributed by atoms with Crippen molar-refractivity contribution >= 4 is 17.4 Å². The normalized spacial score (nSPS) is 10.2. The molecule has 2 nitrogen and oxygen atoms in total. The second-order valence-electron chi connectivity index (χ2n) is 3.82. The third-order valence-corrected chi connectivity index (χ3v) is 3.55. The number of anilines is 1. The molecule has 2 aromatic carbocycles. The zero-order valence-electron chi connectivity index (χ0n) is 9.94. The second-order valence-corrected chi connectivity index (χ2v) is 4.93. The van der Waals surface area contributed by atoms with Gasteiger partial charge in [0, 0.05) is 15.5 Å². The van der Waals surface area contributed by atoms with Crippen LogP contribution in [-0.2, 0) is 0 Å². The minimum absolute atomic E-state index is 0.825. The summed E-state index contributed by atoms with van der Waals surface area (Å²) in [6.07, 6.45) is 0. The van der Waals surface area contributed by atoms with E-state index in [0.717, 1.165) is 21.2 Å². The molecule has 0 radical (unpaired) electrons. The van der Waals surface area contributed by atoms with Crippen LogP contribution in [0.5, 0.6) is 5.75 Å². The zero-order chi connectivity index (χ0) is 12.3. The molecule has 0 amide bonds. The number of ether oxygens (including phenoxy) is 1. The second kappa shape index (κ2) is 5.15. The molecule has 2 aromatic rings. The van der Waals surface area contributed by atoms with Crippen molar-refractivity contribution in [3.8, 4) is 5.75 Å². The maximum Gasteiger partial charge on any atom is 0.118 e. The van der Waals surface area contributed by atoms with Crippen molar-refractivity contribution in [2.45, 2.75) is 16.7 Å². The van der Waals surface area contributed by atoms with Gasteiger partial charge in [0.05, 0.1) is 7.11 Å². The lowest BCUT2D eigenvalue weighted by Gasteiger charge is -2.07. The molecular weight excluding hydrogens is 230 g/mol. The number of aryl methyl sites for hydroxylation is 1. The first kappa shape index (κ1) is 11.9. The van der Waals surface area contributed by atoms with E-state index in [1.165, 1.54) is 5.56 Å². The quantitative estimate of drug-likeness (QED) is 0.837. The molecule has 2 N–H and O–H groups in total. The Morgan fingerprint density at radius 1 is 1.06 bits per heavy atom. The Morgan fingerprint density at radius 2 is 1.76 bits per heavy atom. The average molecular weight is 245 g/mol. The number of nitrogen functional groups attached to an aromatic ring is 1. The van der Waals surface area contributed by atoms with Gasteiger partial charge < -0.3 is 10.5 Å². The smallest absolute Gasteiger partial charge is 0.118 e. The summed E-state index contributed by atoms with van der Waals surface area (Å²) in [5.41, 5.74) is 7.99. The van der Waals surface area contributed by atoms with Crippen LogP contribution >= 0.6 is 11.8 Å². The van der Waals surface area contributed by atoms with Crippen LogP contribution < -0.4 is 10.5 Å². The number of methoxy groups -OCH3 is 1. The molecule has 88 valence electrons. The molecule has 0 bridgehead atoms. The van der Waals surface area contributed by atoms with Gasteiger partial charge >= 0.3 is 0 Å². The van der Waals surface area contributed by atoms with Gasteiger partial charge in [-0.3, -0.25) is 0 Å². The van der Waals surface area contributed by atoms with Crippen LogP contribution in [0.1, 0.15) is 5.56 Å². The number of hydrogen-bond donors (Lipinski definition) is 1. The number of benzene rings is 2. The summed E-state index contributed by atoms with van der Waals surface area (Å²) >= 11 is 1.66. The minimum atomic E-state index is 0.825. The Bertz CT molecular complexity index is 508. The summed E-state index contributed by atoms with van der Waals surface area (Å²) < 4.78 is 5.12. The van der Waals surface area contributed by atoms with Crippen molar-refractivity contribution in [2.24, 2.45) is 0 Å². The first-order valence-corrected chi connectivity index (χ1v) is 6.19. The highest BCUT2D eigenvalue weighted by molar-refractivity contribution is 7.99. The van der Waals surface area contributed by atoms with E-state index >= 15 is 0 Å². The van der Waals surface area contributed by atoms with Gasteiger partial charge in [-0.1, -0.05) is 17.8 Å². The SMILES string of the molecule is COc1ccc(Sc2ccc(C)cc2N)cc1. The van der Waals surface area contributed by atoms with E-state index in [1.54, 1.807) is 18.9 Å². The molecular formula is C14H15NOS. The molecule has 0 saturated heterocycles. The van der Waals surface area contributed by atoms with Crippen LogP contribution in [0.25, 0.3) is 0 Å². The molecule has 0 atom stereocenters. The molecule has 17 heavy (non-hydrogen) atoms. The van der Waals surface area contributed by atoms with Crippen LogP contribution in [0, 0.1) is 6.92 Å². The third-order valence-electron chi connectivity index (χ3n) is 2.45.